The summed E-state index contributed by atoms with van der Waals surface area (Å²) in [6.07, 6.45) is 4.64. The van der Waals surface area contributed by atoms with Crippen LogP contribution in [0.4, 0.5) is 5.69 Å². The van der Waals surface area contributed by atoms with Crippen molar-refractivity contribution in [3.05, 3.63) is 59.7 Å². The fourth-order valence-corrected chi connectivity index (χ4v) is 3.73. The first-order valence-corrected chi connectivity index (χ1v) is 11.2. The van der Waals surface area contributed by atoms with Gasteiger partial charge in [-0.3, -0.25) is 4.79 Å². The minimum absolute atomic E-state index is 0.159. The van der Waals surface area contributed by atoms with Crippen molar-refractivity contribution in [3.63, 3.8) is 0 Å². The highest BCUT2D eigenvalue weighted by atomic mass is 16.5. The number of amides is 1. The van der Waals surface area contributed by atoms with Crippen LogP contribution in [0.2, 0.25) is 0 Å². The molecule has 0 aliphatic carbocycles. The Morgan fingerprint density at radius 1 is 1.03 bits per heavy atom. The monoisotopic (exact) mass is 409 g/mol. The molecule has 0 radical (unpaired) electrons. The van der Waals surface area contributed by atoms with Gasteiger partial charge in [-0.2, -0.15) is 0 Å². The van der Waals surface area contributed by atoms with Crippen LogP contribution in [-0.4, -0.2) is 43.1 Å². The first kappa shape index (κ1) is 22.2. The lowest BCUT2D eigenvalue weighted by Gasteiger charge is -2.26. The van der Waals surface area contributed by atoms with Crippen LogP contribution in [0, 0.1) is 0 Å². The maximum Gasteiger partial charge on any atom is 0.253 e. The van der Waals surface area contributed by atoms with Crippen molar-refractivity contribution in [2.75, 3.05) is 31.5 Å². The van der Waals surface area contributed by atoms with Crippen molar-refractivity contribution >= 4 is 11.6 Å². The quantitative estimate of drug-likeness (QED) is 0.559. The molecule has 1 aliphatic heterocycles. The number of piperidine rings is 1. The van der Waals surface area contributed by atoms with Gasteiger partial charge in [-0.15, -0.1) is 0 Å². The molecule has 0 atom stereocenters. The number of likely N-dealkylation sites (tertiary alicyclic amines) is 1. The summed E-state index contributed by atoms with van der Waals surface area (Å²) in [6.45, 7) is 8.41. The number of nitrogens with one attached hydrogen (secondary N) is 2. The molecular weight excluding hydrogens is 374 g/mol. The van der Waals surface area contributed by atoms with E-state index in [1.165, 1.54) is 6.42 Å². The predicted molar refractivity (Wildman–Crippen MR) is 123 cm³/mol. The van der Waals surface area contributed by atoms with Crippen molar-refractivity contribution < 1.29 is 9.53 Å². The van der Waals surface area contributed by atoms with Crippen LogP contribution in [-0.2, 0) is 6.54 Å². The van der Waals surface area contributed by atoms with Gasteiger partial charge in [-0.1, -0.05) is 24.3 Å². The molecule has 1 amide bonds. The fraction of sp³-hybridized carbons (Fsp3) is 0.480. The van der Waals surface area contributed by atoms with Crippen molar-refractivity contribution in [1.82, 2.24) is 10.2 Å². The Kier molecular flexibility index (Phi) is 8.57. The summed E-state index contributed by atoms with van der Waals surface area (Å²) in [4.78, 5) is 14.7. The molecule has 0 aromatic heterocycles. The van der Waals surface area contributed by atoms with Gasteiger partial charge in [0.2, 0.25) is 0 Å². The zero-order valence-corrected chi connectivity index (χ0v) is 18.3. The maximum absolute atomic E-state index is 12.7. The molecule has 1 heterocycles. The number of anilines is 1. The molecule has 2 aromatic rings. The lowest BCUT2D eigenvalue weighted by molar-refractivity contribution is 0.0724. The lowest BCUT2D eigenvalue weighted by Crippen LogP contribution is -2.35. The number of hydrogen-bond donors (Lipinski definition) is 2. The third-order valence-corrected chi connectivity index (χ3v) is 5.24. The molecule has 0 spiro atoms. The Bertz CT molecular complexity index is 800. The van der Waals surface area contributed by atoms with Crippen LogP contribution >= 0.6 is 0 Å². The number of carbonyl (C=O) groups is 1. The third-order valence-electron chi connectivity index (χ3n) is 5.24. The number of nitrogens with zero attached hydrogens (tertiary/aromatic N) is 1. The van der Waals surface area contributed by atoms with Crippen LogP contribution < -0.4 is 15.4 Å². The molecule has 1 saturated heterocycles. The van der Waals surface area contributed by atoms with Gasteiger partial charge in [-0.25, -0.2) is 0 Å². The van der Waals surface area contributed by atoms with Crippen molar-refractivity contribution in [2.45, 2.75) is 52.2 Å². The van der Waals surface area contributed by atoms with Gasteiger partial charge in [0.15, 0.2) is 0 Å². The number of ether oxygens (including phenoxy) is 1. The summed E-state index contributed by atoms with van der Waals surface area (Å²) in [5.74, 6) is 1.07. The second-order valence-corrected chi connectivity index (χ2v) is 8.17. The summed E-state index contributed by atoms with van der Waals surface area (Å²) in [6, 6.07) is 16.1. The second kappa shape index (κ2) is 11.6. The Labute approximate surface area is 180 Å². The number of para-hydroxylation sites is 2. The topological polar surface area (TPSA) is 53.6 Å². The van der Waals surface area contributed by atoms with E-state index in [-0.39, 0.29) is 12.0 Å². The molecule has 3 rings (SSSR count). The van der Waals surface area contributed by atoms with E-state index in [1.54, 1.807) is 0 Å². The Morgan fingerprint density at radius 2 is 1.83 bits per heavy atom. The average molecular weight is 410 g/mol. The van der Waals surface area contributed by atoms with Gasteiger partial charge in [0, 0.05) is 31.7 Å². The zero-order chi connectivity index (χ0) is 21.2. The highest BCUT2D eigenvalue weighted by molar-refractivity contribution is 5.94. The Hall–Kier alpha value is -2.53. The molecule has 5 heteroatoms. The SMILES string of the molecule is CC(C)Oc1ccccc1NCCCNCc1cccc(C(=O)N2CCCCC2)c1. The first-order chi connectivity index (χ1) is 14.6. The van der Waals surface area contributed by atoms with E-state index in [0.29, 0.717) is 0 Å². The molecule has 1 fully saturated rings. The van der Waals surface area contributed by atoms with Crippen molar-refractivity contribution in [1.29, 1.82) is 0 Å². The van der Waals surface area contributed by atoms with Crippen LogP contribution in [0.3, 0.4) is 0 Å². The molecule has 0 unspecified atom stereocenters. The van der Waals surface area contributed by atoms with Gasteiger partial charge < -0.3 is 20.3 Å². The third kappa shape index (κ3) is 6.77. The van der Waals surface area contributed by atoms with E-state index in [9.17, 15) is 4.79 Å². The highest BCUT2D eigenvalue weighted by Crippen LogP contribution is 2.24. The highest BCUT2D eigenvalue weighted by Gasteiger charge is 2.18. The number of carbonyl (C=O) groups excluding carboxylic acids is 1. The van der Waals surface area contributed by atoms with Gasteiger partial charge >= 0.3 is 0 Å². The number of rotatable bonds is 10. The minimum atomic E-state index is 0.159. The van der Waals surface area contributed by atoms with Gasteiger partial charge in [-0.05, 0) is 75.9 Å². The summed E-state index contributed by atoms with van der Waals surface area (Å²) >= 11 is 0. The largest absolute Gasteiger partial charge is 0.489 e. The van der Waals surface area contributed by atoms with Crippen LogP contribution in [0.5, 0.6) is 5.75 Å². The normalized spacial score (nSPS) is 14.0. The van der Waals surface area contributed by atoms with Crippen LogP contribution in [0.25, 0.3) is 0 Å². The average Bonchev–Trinajstić information content (AvgIpc) is 2.77. The smallest absolute Gasteiger partial charge is 0.253 e. The van der Waals surface area contributed by atoms with E-state index in [1.807, 2.05) is 55.1 Å². The van der Waals surface area contributed by atoms with E-state index < -0.39 is 0 Å². The summed E-state index contributed by atoms with van der Waals surface area (Å²) in [7, 11) is 0. The van der Waals surface area contributed by atoms with Gasteiger partial charge in [0.1, 0.15) is 5.75 Å². The lowest BCUT2D eigenvalue weighted by atomic mass is 10.1. The summed E-state index contributed by atoms with van der Waals surface area (Å²) in [5, 5.41) is 6.95. The maximum atomic E-state index is 12.7. The molecule has 1 aliphatic rings. The van der Waals surface area contributed by atoms with Crippen LogP contribution in [0.1, 0.15) is 55.5 Å². The second-order valence-electron chi connectivity index (χ2n) is 8.17. The van der Waals surface area contributed by atoms with E-state index in [2.05, 4.69) is 22.8 Å². The Balaban J connectivity index is 1.39. The molecule has 2 aromatic carbocycles. The molecule has 0 bridgehead atoms. The summed E-state index contributed by atoms with van der Waals surface area (Å²) < 4.78 is 5.85. The summed E-state index contributed by atoms with van der Waals surface area (Å²) in [5.41, 5.74) is 3.00. The number of hydrogen-bond acceptors (Lipinski definition) is 4. The first-order valence-electron chi connectivity index (χ1n) is 11.2. The van der Waals surface area contributed by atoms with E-state index >= 15 is 0 Å². The van der Waals surface area contributed by atoms with Gasteiger partial charge in [0.25, 0.3) is 5.91 Å². The standard InChI is InChI=1S/C25H35N3O2/c1-20(2)30-24-13-5-4-12-23(24)27-15-9-14-26-19-21-10-8-11-22(18-21)25(29)28-16-6-3-7-17-28/h4-5,8,10-13,18,20,26-27H,3,6-7,9,14-17,19H2,1-2H3. The zero-order valence-electron chi connectivity index (χ0n) is 18.3. The molecular formula is C25H35N3O2. The molecule has 162 valence electrons. The minimum Gasteiger partial charge on any atom is -0.489 e. The molecule has 2 N–H and O–H groups in total. The Morgan fingerprint density at radius 3 is 2.63 bits per heavy atom. The van der Waals surface area contributed by atoms with Crippen molar-refractivity contribution in [3.8, 4) is 5.75 Å². The number of benzene rings is 2. The molecule has 30 heavy (non-hydrogen) atoms. The van der Waals surface area contributed by atoms with E-state index in [4.69, 9.17) is 4.74 Å². The van der Waals surface area contributed by atoms with Crippen LogP contribution in [0.15, 0.2) is 48.5 Å². The molecule has 0 saturated carbocycles. The van der Waals surface area contributed by atoms with Crippen molar-refractivity contribution in [2.24, 2.45) is 0 Å². The van der Waals surface area contributed by atoms with E-state index in [0.717, 1.165) is 74.6 Å². The fourth-order valence-electron chi connectivity index (χ4n) is 3.73. The predicted octanol–water partition coefficient (Wildman–Crippen LogP) is 4.69. The molecule has 5 nitrogen and oxygen atoms in total. The van der Waals surface area contributed by atoms with Gasteiger partial charge in [0.05, 0.1) is 11.8 Å².